The predicted molar refractivity (Wildman–Crippen MR) is 120 cm³/mol. The van der Waals surface area contributed by atoms with Crippen LogP contribution in [0, 0.1) is 36.8 Å². The maximum absolute atomic E-state index is 13.4. The first-order chi connectivity index (χ1) is 15.8. The number of fused-ring (bicyclic) bond motifs is 1. The fraction of sp³-hybridized carbons (Fsp3) is 0.167. The summed E-state index contributed by atoms with van der Waals surface area (Å²) in [5.74, 6) is -1.69. The van der Waals surface area contributed by atoms with Crippen LogP contribution in [0.5, 0.6) is 0 Å². The Balaban J connectivity index is 1.44. The molecule has 1 amide bonds. The molecule has 3 N–H and O–H groups in total. The topological polar surface area (TPSA) is 114 Å². The lowest BCUT2D eigenvalue weighted by atomic mass is 9.99. The summed E-state index contributed by atoms with van der Waals surface area (Å²) in [5, 5.41) is 12.0. The van der Waals surface area contributed by atoms with E-state index in [2.05, 4.69) is 20.3 Å². The van der Waals surface area contributed by atoms with E-state index in [4.69, 9.17) is 5.26 Å². The van der Waals surface area contributed by atoms with Crippen molar-refractivity contribution >= 4 is 22.6 Å². The van der Waals surface area contributed by atoms with Crippen molar-refractivity contribution in [3.05, 3.63) is 80.8 Å². The SMILES string of the molecule is Cc1[nH]c(=O)c(C#N)c(C)c1CCC(=O)Nc1ccc(-c2nc3cc(F)c(F)cc3[nH]2)cc1. The molecule has 0 fully saturated rings. The van der Waals surface area contributed by atoms with Crippen molar-refractivity contribution < 1.29 is 13.6 Å². The van der Waals surface area contributed by atoms with Crippen LogP contribution < -0.4 is 10.9 Å². The second kappa shape index (κ2) is 8.67. The molecule has 0 atom stereocenters. The first-order valence-corrected chi connectivity index (χ1v) is 10.1. The number of hydrogen-bond donors (Lipinski definition) is 3. The van der Waals surface area contributed by atoms with Crippen LogP contribution in [0.2, 0.25) is 0 Å². The molecule has 0 radical (unpaired) electrons. The molecule has 2 aromatic heterocycles. The highest BCUT2D eigenvalue weighted by Gasteiger charge is 2.14. The molecule has 0 bridgehead atoms. The lowest BCUT2D eigenvalue weighted by Crippen LogP contribution is -2.18. The third-order valence-electron chi connectivity index (χ3n) is 5.49. The van der Waals surface area contributed by atoms with Crippen molar-refractivity contribution in [2.45, 2.75) is 26.7 Å². The molecule has 4 rings (SSSR count). The molecular weight excluding hydrogens is 428 g/mol. The summed E-state index contributed by atoms with van der Waals surface area (Å²) in [6.07, 6.45) is 0.542. The van der Waals surface area contributed by atoms with Gasteiger partial charge in [-0.1, -0.05) is 0 Å². The molecule has 0 aliphatic carbocycles. The largest absolute Gasteiger partial charge is 0.338 e. The number of nitrogens with one attached hydrogen (secondary N) is 3. The van der Waals surface area contributed by atoms with E-state index in [1.165, 1.54) is 0 Å². The molecule has 0 spiro atoms. The number of nitriles is 1. The number of amides is 1. The van der Waals surface area contributed by atoms with Crippen LogP contribution in [0.15, 0.2) is 41.2 Å². The zero-order valence-corrected chi connectivity index (χ0v) is 17.8. The van der Waals surface area contributed by atoms with Gasteiger partial charge in [0.1, 0.15) is 17.5 Å². The van der Waals surface area contributed by atoms with Crippen LogP contribution in [0.25, 0.3) is 22.4 Å². The number of halogens is 2. The third-order valence-corrected chi connectivity index (χ3v) is 5.49. The Morgan fingerprint density at radius 1 is 1.12 bits per heavy atom. The van der Waals surface area contributed by atoms with Gasteiger partial charge < -0.3 is 15.3 Å². The number of aromatic amines is 2. The summed E-state index contributed by atoms with van der Waals surface area (Å²) >= 11 is 0. The van der Waals surface area contributed by atoms with Crippen molar-refractivity contribution in [2.75, 3.05) is 5.32 Å². The molecule has 9 heteroatoms. The molecule has 4 aromatic rings. The summed E-state index contributed by atoms with van der Waals surface area (Å²) in [4.78, 5) is 34.1. The zero-order valence-electron chi connectivity index (χ0n) is 17.8. The molecule has 0 aliphatic heterocycles. The van der Waals surface area contributed by atoms with Gasteiger partial charge in [0.05, 0.1) is 11.0 Å². The first kappa shape index (κ1) is 21.9. The predicted octanol–water partition coefficient (Wildman–Crippen LogP) is 4.26. The summed E-state index contributed by atoms with van der Waals surface area (Å²) in [6, 6.07) is 10.9. The van der Waals surface area contributed by atoms with Crippen LogP contribution in [0.3, 0.4) is 0 Å². The molecule has 2 aromatic carbocycles. The third kappa shape index (κ3) is 4.36. The molecule has 0 saturated carbocycles. The maximum Gasteiger partial charge on any atom is 0.266 e. The number of carbonyl (C=O) groups is 1. The Morgan fingerprint density at radius 3 is 2.52 bits per heavy atom. The van der Waals surface area contributed by atoms with E-state index in [1.54, 1.807) is 38.1 Å². The quantitative estimate of drug-likeness (QED) is 0.424. The number of carbonyl (C=O) groups excluding carboxylic acids is 1. The van der Waals surface area contributed by atoms with E-state index in [-0.39, 0.29) is 17.9 Å². The number of anilines is 1. The van der Waals surface area contributed by atoms with E-state index in [0.717, 1.165) is 17.7 Å². The van der Waals surface area contributed by atoms with Gasteiger partial charge in [-0.25, -0.2) is 13.8 Å². The molecular formula is C24H19F2N5O2. The highest BCUT2D eigenvalue weighted by atomic mass is 19.2. The van der Waals surface area contributed by atoms with Crippen molar-refractivity contribution in [3.63, 3.8) is 0 Å². The minimum Gasteiger partial charge on any atom is -0.338 e. The Hall–Kier alpha value is -4.32. The fourth-order valence-electron chi connectivity index (χ4n) is 3.74. The van der Waals surface area contributed by atoms with Crippen LogP contribution in [-0.4, -0.2) is 20.9 Å². The van der Waals surface area contributed by atoms with Gasteiger partial charge in [-0.05, 0) is 55.7 Å². The minimum atomic E-state index is -0.963. The second-order valence-corrected chi connectivity index (χ2v) is 7.66. The summed E-state index contributed by atoms with van der Waals surface area (Å²) in [7, 11) is 0. The summed E-state index contributed by atoms with van der Waals surface area (Å²) in [5.41, 5.74) is 3.58. The van der Waals surface area contributed by atoms with Crippen LogP contribution in [0.4, 0.5) is 14.5 Å². The minimum absolute atomic E-state index is 0.0580. The average Bonchev–Trinajstić information content (AvgIpc) is 3.17. The lowest BCUT2D eigenvalue weighted by Gasteiger charge is -2.11. The summed E-state index contributed by atoms with van der Waals surface area (Å²) < 4.78 is 26.8. The second-order valence-electron chi connectivity index (χ2n) is 7.66. The number of H-pyrrole nitrogens is 2. The van der Waals surface area contributed by atoms with E-state index in [1.807, 2.05) is 6.07 Å². The van der Waals surface area contributed by atoms with Crippen LogP contribution in [-0.2, 0) is 11.2 Å². The van der Waals surface area contributed by atoms with Crippen LogP contribution >= 0.6 is 0 Å². The molecule has 0 aliphatic rings. The molecule has 166 valence electrons. The fourth-order valence-corrected chi connectivity index (χ4v) is 3.74. The van der Waals surface area contributed by atoms with Gasteiger partial charge in [0.15, 0.2) is 11.6 Å². The van der Waals surface area contributed by atoms with E-state index >= 15 is 0 Å². The van der Waals surface area contributed by atoms with E-state index < -0.39 is 17.2 Å². The smallest absolute Gasteiger partial charge is 0.266 e. The highest BCUT2D eigenvalue weighted by Crippen LogP contribution is 2.24. The van der Waals surface area contributed by atoms with E-state index in [9.17, 15) is 18.4 Å². The number of nitrogens with zero attached hydrogens (tertiary/aromatic N) is 2. The summed E-state index contributed by atoms with van der Waals surface area (Å²) in [6.45, 7) is 3.44. The average molecular weight is 447 g/mol. The van der Waals surface area contributed by atoms with Gasteiger partial charge in [0.2, 0.25) is 5.91 Å². The Kier molecular flexibility index (Phi) is 5.75. The number of aryl methyl sites for hydroxylation is 1. The Morgan fingerprint density at radius 2 is 1.82 bits per heavy atom. The van der Waals surface area contributed by atoms with Crippen molar-refractivity contribution in [1.82, 2.24) is 15.0 Å². The normalized spacial score (nSPS) is 10.9. The molecule has 0 unspecified atom stereocenters. The Labute approximate surface area is 187 Å². The molecule has 33 heavy (non-hydrogen) atoms. The lowest BCUT2D eigenvalue weighted by molar-refractivity contribution is -0.116. The van der Waals surface area contributed by atoms with Crippen molar-refractivity contribution in [1.29, 1.82) is 5.26 Å². The van der Waals surface area contributed by atoms with Gasteiger partial charge in [-0.15, -0.1) is 0 Å². The van der Waals surface area contributed by atoms with Crippen molar-refractivity contribution in [2.24, 2.45) is 0 Å². The zero-order chi connectivity index (χ0) is 23.7. The molecule has 2 heterocycles. The van der Waals surface area contributed by atoms with Crippen molar-refractivity contribution in [3.8, 4) is 17.5 Å². The number of hydrogen-bond acceptors (Lipinski definition) is 4. The van der Waals surface area contributed by atoms with Gasteiger partial charge >= 0.3 is 0 Å². The standard InChI is InChI=1S/C24H19F2N5O2/c1-12-16(13(2)28-24(33)17(12)11-27)7-8-22(32)29-15-5-3-14(4-6-15)23-30-20-9-18(25)19(26)10-21(20)31-23/h3-6,9-10H,7-8H2,1-2H3,(H,28,33)(H,29,32)(H,30,31). The molecule has 7 nitrogen and oxygen atoms in total. The maximum atomic E-state index is 13.4. The van der Waals surface area contributed by atoms with Gasteiger partial charge in [0, 0.05) is 35.5 Å². The van der Waals surface area contributed by atoms with E-state index in [0.29, 0.717) is 45.8 Å². The Bertz CT molecular complexity index is 1440. The monoisotopic (exact) mass is 447 g/mol. The first-order valence-electron chi connectivity index (χ1n) is 10.1. The van der Waals surface area contributed by atoms with Gasteiger partial charge in [-0.2, -0.15) is 5.26 Å². The van der Waals surface area contributed by atoms with Gasteiger partial charge in [-0.3, -0.25) is 9.59 Å². The number of aromatic nitrogens is 3. The van der Waals surface area contributed by atoms with Gasteiger partial charge in [0.25, 0.3) is 5.56 Å². The number of benzene rings is 2. The number of imidazole rings is 1. The number of rotatable bonds is 5. The highest BCUT2D eigenvalue weighted by molar-refractivity contribution is 5.91. The number of pyridine rings is 1. The molecule has 0 saturated heterocycles. The van der Waals surface area contributed by atoms with Crippen LogP contribution in [0.1, 0.15) is 28.8 Å².